The zero-order valence-corrected chi connectivity index (χ0v) is 17.5. The van der Waals surface area contributed by atoms with Crippen molar-refractivity contribution in [1.29, 1.82) is 0 Å². The average molecular weight is 407 g/mol. The molecule has 1 aliphatic rings. The lowest BCUT2D eigenvalue weighted by Crippen LogP contribution is -3.08. The fourth-order valence-corrected chi connectivity index (χ4v) is 4.46. The van der Waals surface area contributed by atoms with Gasteiger partial charge in [0.25, 0.3) is 0 Å². The van der Waals surface area contributed by atoms with Crippen molar-refractivity contribution >= 4 is 40.1 Å². The molecule has 0 bridgehead atoms. The van der Waals surface area contributed by atoms with E-state index in [0.29, 0.717) is 21.2 Å². The third-order valence-electron chi connectivity index (χ3n) is 4.23. The molecule has 0 spiro atoms. The zero-order chi connectivity index (χ0) is 19.8. The molecule has 2 heterocycles. The lowest BCUT2D eigenvalue weighted by atomic mass is 10.0. The van der Waals surface area contributed by atoms with Crippen molar-refractivity contribution in [2.45, 2.75) is 39.3 Å². The van der Waals surface area contributed by atoms with Gasteiger partial charge in [0, 0.05) is 17.7 Å². The molecule has 1 aromatic heterocycles. The lowest BCUT2D eigenvalue weighted by Gasteiger charge is -2.22. The number of aliphatic imine (C=N–C) groups is 1. The van der Waals surface area contributed by atoms with E-state index in [0.717, 1.165) is 30.0 Å². The number of likely N-dealkylation sites (N-methyl/N-ethyl adjacent to an activating group) is 1. The number of carbonyl (C=O) groups excluding carboxylic acids is 1. The van der Waals surface area contributed by atoms with Crippen molar-refractivity contribution in [3.05, 3.63) is 44.8 Å². The number of esters is 1. The van der Waals surface area contributed by atoms with Crippen LogP contribution in [-0.4, -0.2) is 31.4 Å². The van der Waals surface area contributed by atoms with Crippen molar-refractivity contribution in [2.75, 3.05) is 13.6 Å². The van der Waals surface area contributed by atoms with Crippen LogP contribution in [0.3, 0.4) is 0 Å². The highest BCUT2D eigenvalue weighted by Gasteiger charge is 2.31. The number of halogens is 1. The van der Waals surface area contributed by atoms with Gasteiger partial charge in [-0.05, 0) is 44.0 Å². The van der Waals surface area contributed by atoms with Crippen molar-refractivity contribution < 1.29 is 19.5 Å². The fraction of sp³-hybridized carbons (Fsp3) is 0.400. The van der Waals surface area contributed by atoms with E-state index in [1.807, 2.05) is 20.8 Å². The van der Waals surface area contributed by atoms with E-state index in [4.69, 9.17) is 16.3 Å². The standard InChI is InChI=1S/C20H23ClN2O3S/c1-20(2,3)26-19(25)17-14-7-8-23(4)11-16(14)27-18(17)22-10-12-9-13(21)5-6-15(12)24/h5-6,9-10,24H,7-8,11H2,1-4H3. The molecule has 144 valence electrons. The summed E-state index contributed by atoms with van der Waals surface area (Å²) in [6.07, 6.45) is 2.29. The van der Waals surface area contributed by atoms with Crippen LogP contribution in [0.2, 0.25) is 5.02 Å². The van der Waals surface area contributed by atoms with Crippen LogP contribution in [-0.2, 0) is 17.7 Å². The van der Waals surface area contributed by atoms with Gasteiger partial charge in [-0.2, -0.15) is 0 Å². The Hall–Kier alpha value is -1.89. The molecular weight excluding hydrogens is 384 g/mol. The third kappa shape index (κ3) is 4.69. The maximum absolute atomic E-state index is 12.8. The summed E-state index contributed by atoms with van der Waals surface area (Å²) in [6.45, 7) is 7.36. The van der Waals surface area contributed by atoms with Gasteiger partial charge in [0.1, 0.15) is 22.7 Å². The maximum atomic E-state index is 12.8. The molecule has 1 aliphatic heterocycles. The second-order valence-electron chi connectivity index (χ2n) is 7.76. The first-order valence-corrected chi connectivity index (χ1v) is 10.0. The van der Waals surface area contributed by atoms with Gasteiger partial charge in [0.2, 0.25) is 0 Å². The van der Waals surface area contributed by atoms with Gasteiger partial charge in [0.05, 0.1) is 18.5 Å². The average Bonchev–Trinajstić information content (AvgIpc) is 2.91. The largest absolute Gasteiger partial charge is 0.872 e. The number of rotatable bonds is 3. The summed E-state index contributed by atoms with van der Waals surface area (Å²) in [7, 11) is 2.13. The molecule has 0 saturated heterocycles. The first kappa shape index (κ1) is 19.9. The number of nitrogens with zero attached hydrogens (tertiary/aromatic N) is 1. The van der Waals surface area contributed by atoms with E-state index in [9.17, 15) is 9.90 Å². The normalized spacial score (nSPS) is 17.1. The topological polar surface area (TPSA) is 66.2 Å². The quantitative estimate of drug-likeness (QED) is 0.629. The van der Waals surface area contributed by atoms with Crippen LogP contribution in [0, 0.1) is 0 Å². The molecule has 1 unspecified atom stereocenters. The van der Waals surface area contributed by atoms with Crippen LogP contribution in [0.15, 0.2) is 23.2 Å². The molecule has 0 amide bonds. The number of quaternary nitrogens is 1. The Morgan fingerprint density at radius 1 is 1.41 bits per heavy atom. The van der Waals surface area contributed by atoms with Crippen LogP contribution >= 0.6 is 22.9 Å². The van der Waals surface area contributed by atoms with Crippen LogP contribution in [0.1, 0.15) is 47.1 Å². The summed E-state index contributed by atoms with van der Waals surface area (Å²) >= 11 is 7.47. The predicted molar refractivity (Wildman–Crippen MR) is 107 cm³/mol. The molecule has 1 N–H and O–H groups in total. The van der Waals surface area contributed by atoms with Gasteiger partial charge in [-0.3, -0.25) is 0 Å². The Morgan fingerprint density at radius 3 is 2.85 bits per heavy atom. The number of ether oxygens (including phenoxy) is 1. The Morgan fingerprint density at radius 2 is 2.15 bits per heavy atom. The molecule has 0 saturated carbocycles. The van der Waals surface area contributed by atoms with Crippen molar-refractivity contribution in [3.8, 4) is 5.75 Å². The van der Waals surface area contributed by atoms with Gasteiger partial charge in [-0.1, -0.05) is 23.4 Å². The van der Waals surface area contributed by atoms with Gasteiger partial charge in [0.15, 0.2) is 0 Å². The Kier molecular flexibility index (Phi) is 5.60. The van der Waals surface area contributed by atoms with Gasteiger partial charge in [-0.25, -0.2) is 9.79 Å². The van der Waals surface area contributed by atoms with Crippen molar-refractivity contribution in [1.82, 2.24) is 0 Å². The summed E-state index contributed by atoms with van der Waals surface area (Å²) in [5.74, 6) is -0.521. The molecule has 3 rings (SSSR count). The monoisotopic (exact) mass is 406 g/mol. The van der Waals surface area contributed by atoms with E-state index in [2.05, 4.69) is 12.0 Å². The highest BCUT2D eigenvalue weighted by Crippen LogP contribution is 2.38. The van der Waals surface area contributed by atoms with Crippen molar-refractivity contribution in [2.24, 2.45) is 4.99 Å². The Bertz CT molecular complexity index is 899. The molecule has 0 aliphatic carbocycles. The smallest absolute Gasteiger partial charge is 0.342 e. The lowest BCUT2D eigenvalue weighted by molar-refractivity contribution is -0.895. The van der Waals surface area contributed by atoms with E-state index in [1.54, 1.807) is 12.1 Å². The Balaban J connectivity index is 2.02. The molecule has 27 heavy (non-hydrogen) atoms. The predicted octanol–water partition coefficient (Wildman–Crippen LogP) is 2.75. The van der Waals surface area contributed by atoms with E-state index in [1.165, 1.54) is 28.5 Å². The highest BCUT2D eigenvalue weighted by molar-refractivity contribution is 7.16. The second kappa shape index (κ2) is 7.62. The van der Waals surface area contributed by atoms with Crippen LogP contribution < -0.4 is 10.0 Å². The summed E-state index contributed by atoms with van der Waals surface area (Å²) < 4.78 is 5.61. The molecule has 0 radical (unpaired) electrons. The summed E-state index contributed by atoms with van der Waals surface area (Å²) in [5.41, 5.74) is 1.37. The minimum atomic E-state index is -0.585. The second-order valence-corrected chi connectivity index (χ2v) is 9.28. The molecule has 0 fully saturated rings. The summed E-state index contributed by atoms with van der Waals surface area (Å²) in [6, 6.07) is 4.54. The van der Waals surface area contributed by atoms with Gasteiger partial charge in [-0.15, -0.1) is 11.3 Å². The molecular formula is C20H23ClN2O3S. The first-order valence-electron chi connectivity index (χ1n) is 8.84. The number of hydrogen-bond acceptors (Lipinski definition) is 5. The van der Waals surface area contributed by atoms with Crippen LogP contribution in [0.25, 0.3) is 0 Å². The van der Waals surface area contributed by atoms with E-state index in [-0.39, 0.29) is 11.7 Å². The minimum absolute atomic E-state index is 0.160. The zero-order valence-electron chi connectivity index (χ0n) is 15.9. The van der Waals surface area contributed by atoms with Gasteiger partial charge >= 0.3 is 5.97 Å². The molecule has 2 aromatic rings. The Labute approximate surface area is 168 Å². The maximum Gasteiger partial charge on any atom is 0.342 e. The van der Waals surface area contributed by atoms with Crippen molar-refractivity contribution in [3.63, 3.8) is 0 Å². The SMILES string of the molecule is C[NH+]1CCc2c(sc(N=Cc3cc(Cl)ccc3[O-])c2C(=O)OC(C)(C)C)C1. The summed E-state index contributed by atoms with van der Waals surface area (Å²) in [5, 5.41) is 13.1. The van der Waals surface area contributed by atoms with Crippen LogP contribution in [0.5, 0.6) is 5.75 Å². The first-order chi connectivity index (χ1) is 12.6. The minimum Gasteiger partial charge on any atom is -0.872 e. The fourth-order valence-electron chi connectivity index (χ4n) is 2.98. The third-order valence-corrected chi connectivity index (χ3v) is 5.61. The summed E-state index contributed by atoms with van der Waals surface area (Å²) in [4.78, 5) is 19.9. The number of benzene rings is 1. The van der Waals surface area contributed by atoms with E-state index >= 15 is 0 Å². The number of hydrogen-bond donors (Lipinski definition) is 1. The number of thiophene rings is 1. The molecule has 5 nitrogen and oxygen atoms in total. The van der Waals surface area contributed by atoms with Crippen LogP contribution in [0.4, 0.5) is 5.00 Å². The molecule has 7 heteroatoms. The number of carbonyl (C=O) groups is 1. The molecule has 1 aromatic carbocycles. The highest BCUT2D eigenvalue weighted by atomic mass is 35.5. The van der Waals surface area contributed by atoms with E-state index < -0.39 is 5.60 Å². The number of nitrogens with one attached hydrogen (secondary N) is 1. The van der Waals surface area contributed by atoms with Gasteiger partial charge < -0.3 is 14.7 Å². The number of fused-ring (bicyclic) bond motifs is 1. The molecule has 1 atom stereocenters.